The number of imide groups is 1. The lowest BCUT2D eigenvalue weighted by Gasteiger charge is -2.23. The number of ether oxygens (including phenoxy) is 2. The van der Waals surface area contributed by atoms with Crippen molar-refractivity contribution in [3.05, 3.63) is 30.2 Å². The molecule has 1 aromatic heterocycles. The first-order chi connectivity index (χ1) is 14.2. The van der Waals surface area contributed by atoms with Crippen molar-refractivity contribution in [1.29, 1.82) is 0 Å². The average Bonchev–Trinajstić information content (AvgIpc) is 3.22. The van der Waals surface area contributed by atoms with Crippen molar-refractivity contribution in [2.45, 2.75) is 49.5 Å². The third kappa shape index (κ3) is 5.20. The van der Waals surface area contributed by atoms with Gasteiger partial charge >= 0.3 is 6.03 Å². The van der Waals surface area contributed by atoms with Crippen LogP contribution in [0.1, 0.15) is 44.1 Å². The van der Waals surface area contributed by atoms with Crippen LogP contribution in [0, 0.1) is 0 Å². The molecule has 0 radical (unpaired) electrons. The Hall–Kier alpha value is -2.75. The maximum Gasteiger partial charge on any atom is 0.321 e. The molecule has 1 saturated carbocycles. The monoisotopic (exact) mass is 418 g/mol. The van der Waals surface area contributed by atoms with Crippen LogP contribution in [0.5, 0.6) is 11.5 Å². The number of amides is 3. The first-order valence-electron chi connectivity index (χ1n) is 9.62. The van der Waals surface area contributed by atoms with E-state index >= 15 is 0 Å². The first-order valence-corrected chi connectivity index (χ1v) is 10.6. The molecule has 0 bridgehead atoms. The number of benzene rings is 1. The van der Waals surface area contributed by atoms with E-state index in [-0.39, 0.29) is 29.5 Å². The Kier molecular flexibility index (Phi) is 6.18. The zero-order valence-electron chi connectivity index (χ0n) is 15.8. The summed E-state index contributed by atoms with van der Waals surface area (Å²) in [6.45, 7) is 0.255. The summed E-state index contributed by atoms with van der Waals surface area (Å²) in [6, 6.07) is 7.03. The van der Waals surface area contributed by atoms with Gasteiger partial charge in [0.25, 0.3) is 11.1 Å². The van der Waals surface area contributed by atoms with Crippen LogP contribution >= 0.6 is 11.8 Å². The molecule has 0 saturated heterocycles. The van der Waals surface area contributed by atoms with Gasteiger partial charge in [-0.25, -0.2) is 4.79 Å². The molecule has 10 heteroatoms. The molecule has 1 fully saturated rings. The highest BCUT2D eigenvalue weighted by Gasteiger charge is 2.27. The number of carbonyl (C=O) groups excluding carboxylic acids is 2. The van der Waals surface area contributed by atoms with E-state index in [0.29, 0.717) is 11.5 Å². The lowest BCUT2D eigenvalue weighted by atomic mass is 9.96. The molecule has 1 aliphatic heterocycles. The fourth-order valence-electron chi connectivity index (χ4n) is 3.31. The topological polar surface area (TPSA) is 116 Å². The summed E-state index contributed by atoms with van der Waals surface area (Å²) in [7, 11) is 0. The predicted molar refractivity (Wildman–Crippen MR) is 104 cm³/mol. The summed E-state index contributed by atoms with van der Waals surface area (Å²) in [4.78, 5) is 23.9. The molecule has 9 nitrogen and oxygen atoms in total. The second-order valence-electron chi connectivity index (χ2n) is 6.92. The lowest BCUT2D eigenvalue weighted by molar-refractivity contribution is -0.117. The van der Waals surface area contributed by atoms with Crippen LogP contribution in [0.2, 0.25) is 0 Å². The van der Waals surface area contributed by atoms with Crippen molar-refractivity contribution in [2.75, 3.05) is 12.4 Å². The lowest BCUT2D eigenvalue weighted by Crippen LogP contribution is -2.45. The second kappa shape index (κ2) is 9.17. The summed E-state index contributed by atoms with van der Waals surface area (Å²) >= 11 is 1.06. The van der Waals surface area contributed by atoms with Crippen LogP contribution in [0.15, 0.2) is 33.9 Å². The second-order valence-corrected chi connectivity index (χ2v) is 7.84. The maximum atomic E-state index is 12.0. The molecule has 2 heterocycles. The van der Waals surface area contributed by atoms with Gasteiger partial charge in [-0.15, -0.1) is 10.2 Å². The Morgan fingerprint density at radius 1 is 1.10 bits per heavy atom. The average molecular weight is 418 g/mol. The zero-order chi connectivity index (χ0) is 20.1. The third-order valence-corrected chi connectivity index (χ3v) is 5.54. The van der Waals surface area contributed by atoms with Crippen molar-refractivity contribution in [3.8, 4) is 11.5 Å². The molecule has 0 spiro atoms. The summed E-state index contributed by atoms with van der Waals surface area (Å²) in [5.74, 6) is 1.12. The minimum atomic E-state index is -0.512. The fraction of sp³-hybridized carbons (Fsp3) is 0.474. The fourth-order valence-corrected chi connectivity index (χ4v) is 3.88. The number of nitrogens with zero attached hydrogens (tertiary/aromatic N) is 2. The molecule has 3 amide bonds. The quantitative estimate of drug-likeness (QED) is 0.712. The van der Waals surface area contributed by atoms with Gasteiger partial charge in [0.15, 0.2) is 11.5 Å². The first kappa shape index (κ1) is 19.6. The molecule has 2 aromatic rings. The van der Waals surface area contributed by atoms with E-state index in [1.54, 1.807) is 6.07 Å². The molecular weight excluding hydrogens is 396 g/mol. The number of rotatable bonds is 5. The SMILES string of the molecule is O=C(CSc1nnc([C@@H]2COc3ccccc3O2)o1)NC(=O)NC1CCCCC1. The highest BCUT2D eigenvalue weighted by molar-refractivity contribution is 7.99. The molecular formula is C19H22N4O5S. The van der Waals surface area contributed by atoms with Gasteiger partial charge in [-0.05, 0) is 25.0 Å². The number of para-hydroxylation sites is 2. The number of hydrogen-bond donors (Lipinski definition) is 2. The van der Waals surface area contributed by atoms with E-state index in [0.717, 1.165) is 37.4 Å². The van der Waals surface area contributed by atoms with Gasteiger partial charge in [-0.3, -0.25) is 10.1 Å². The van der Waals surface area contributed by atoms with Crippen LogP contribution < -0.4 is 20.1 Å². The van der Waals surface area contributed by atoms with Gasteiger partial charge in [0.05, 0.1) is 5.75 Å². The van der Waals surface area contributed by atoms with E-state index in [4.69, 9.17) is 13.9 Å². The van der Waals surface area contributed by atoms with Gasteiger partial charge in [-0.1, -0.05) is 43.2 Å². The number of carbonyl (C=O) groups is 2. The number of fused-ring (bicyclic) bond motifs is 1. The van der Waals surface area contributed by atoms with E-state index in [9.17, 15) is 9.59 Å². The molecule has 2 aliphatic rings. The summed E-state index contributed by atoms with van der Waals surface area (Å²) in [6.07, 6.45) is 4.82. The van der Waals surface area contributed by atoms with E-state index in [2.05, 4.69) is 20.8 Å². The largest absolute Gasteiger partial charge is 0.485 e. The number of nitrogens with one attached hydrogen (secondary N) is 2. The smallest absolute Gasteiger partial charge is 0.321 e. The highest BCUT2D eigenvalue weighted by Crippen LogP contribution is 2.35. The summed E-state index contributed by atoms with van der Waals surface area (Å²) in [5, 5.41) is 13.3. The Morgan fingerprint density at radius 3 is 2.72 bits per heavy atom. The van der Waals surface area contributed by atoms with Gasteiger partial charge in [0.1, 0.15) is 6.61 Å². The summed E-state index contributed by atoms with van der Waals surface area (Å²) < 4.78 is 17.0. The summed E-state index contributed by atoms with van der Waals surface area (Å²) in [5.41, 5.74) is 0. The van der Waals surface area contributed by atoms with Gasteiger partial charge in [0.2, 0.25) is 12.0 Å². The van der Waals surface area contributed by atoms with Crippen LogP contribution in [0.3, 0.4) is 0 Å². The van der Waals surface area contributed by atoms with E-state index < -0.39 is 18.0 Å². The Bertz CT molecular complexity index is 868. The Morgan fingerprint density at radius 2 is 1.90 bits per heavy atom. The van der Waals surface area contributed by atoms with Crippen molar-refractivity contribution < 1.29 is 23.5 Å². The van der Waals surface area contributed by atoms with Gasteiger partial charge in [0, 0.05) is 6.04 Å². The molecule has 1 atom stereocenters. The number of urea groups is 1. The Balaban J connectivity index is 1.23. The molecule has 29 heavy (non-hydrogen) atoms. The van der Waals surface area contributed by atoms with Crippen LogP contribution in [-0.2, 0) is 4.79 Å². The molecule has 1 aliphatic carbocycles. The minimum absolute atomic E-state index is 0.00935. The normalized spacial score (nSPS) is 18.8. The minimum Gasteiger partial charge on any atom is -0.485 e. The molecule has 1 aromatic carbocycles. The zero-order valence-corrected chi connectivity index (χ0v) is 16.6. The van der Waals surface area contributed by atoms with Gasteiger partial charge < -0.3 is 19.2 Å². The standard InChI is InChI=1S/C19H22N4O5S/c24-16(21-18(25)20-12-6-2-1-3-7-12)11-29-19-23-22-17(28-19)15-10-26-13-8-4-5-9-14(13)27-15/h4-5,8-9,12,15H,1-3,6-7,10-11H2,(H2,20,21,24,25)/t15-/m0/s1. The van der Waals surface area contributed by atoms with Crippen molar-refractivity contribution in [2.24, 2.45) is 0 Å². The number of thioether (sulfide) groups is 1. The van der Waals surface area contributed by atoms with E-state index in [1.165, 1.54) is 6.42 Å². The van der Waals surface area contributed by atoms with Gasteiger partial charge in [-0.2, -0.15) is 0 Å². The molecule has 2 N–H and O–H groups in total. The highest BCUT2D eigenvalue weighted by atomic mass is 32.2. The molecule has 154 valence electrons. The van der Waals surface area contributed by atoms with Crippen molar-refractivity contribution in [3.63, 3.8) is 0 Å². The maximum absolute atomic E-state index is 12.0. The molecule has 4 rings (SSSR count). The van der Waals surface area contributed by atoms with Crippen LogP contribution in [0.4, 0.5) is 4.79 Å². The molecule has 0 unspecified atom stereocenters. The Labute approximate surface area is 171 Å². The third-order valence-electron chi connectivity index (χ3n) is 4.73. The van der Waals surface area contributed by atoms with Crippen molar-refractivity contribution >= 4 is 23.7 Å². The van der Waals surface area contributed by atoms with E-state index in [1.807, 2.05) is 18.2 Å². The number of aromatic nitrogens is 2. The predicted octanol–water partition coefficient (Wildman–Crippen LogP) is 2.83. The van der Waals surface area contributed by atoms with Crippen LogP contribution in [0.25, 0.3) is 0 Å². The van der Waals surface area contributed by atoms with Crippen LogP contribution in [-0.4, -0.2) is 40.5 Å². The van der Waals surface area contributed by atoms with Crippen molar-refractivity contribution in [1.82, 2.24) is 20.8 Å². The number of hydrogen-bond acceptors (Lipinski definition) is 8.